The molecule has 1 saturated heterocycles. The van der Waals surface area contributed by atoms with Crippen LogP contribution in [0, 0.1) is 5.41 Å². The van der Waals surface area contributed by atoms with Crippen LogP contribution in [-0.4, -0.2) is 38.1 Å². The Morgan fingerprint density at radius 1 is 1.33 bits per heavy atom. The maximum atomic E-state index is 3.41. The predicted octanol–water partition coefficient (Wildman–Crippen LogP) is 1.33. The van der Waals surface area contributed by atoms with E-state index in [4.69, 9.17) is 0 Å². The molecule has 0 amide bonds. The SMILES string of the molecule is CCN(C)CC1(C)CCNCC1. The Morgan fingerprint density at radius 2 is 1.92 bits per heavy atom. The lowest BCUT2D eigenvalue weighted by Crippen LogP contribution is -2.41. The molecule has 0 bridgehead atoms. The van der Waals surface area contributed by atoms with E-state index in [0.29, 0.717) is 5.41 Å². The third-order valence-corrected chi connectivity index (χ3v) is 3.00. The van der Waals surface area contributed by atoms with Crippen LogP contribution in [0.15, 0.2) is 0 Å². The van der Waals surface area contributed by atoms with Crippen LogP contribution in [0.5, 0.6) is 0 Å². The molecular formula is C10H22N2. The minimum atomic E-state index is 0.565. The van der Waals surface area contributed by atoms with Crippen LogP contribution in [0.25, 0.3) is 0 Å². The Balaban J connectivity index is 2.35. The number of hydrogen-bond acceptors (Lipinski definition) is 2. The van der Waals surface area contributed by atoms with Gasteiger partial charge in [0.2, 0.25) is 0 Å². The molecule has 0 atom stereocenters. The number of nitrogens with zero attached hydrogens (tertiary/aromatic N) is 1. The molecule has 0 aliphatic carbocycles. The first kappa shape index (κ1) is 10.0. The molecule has 1 heterocycles. The highest BCUT2D eigenvalue weighted by atomic mass is 15.1. The fourth-order valence-corrected chi connectivity index (χ4v) is 1.95. The van der Waals surface area contributed by atoms with E-state index in [9.17, 15) is 0 Å². The van der Waals surface area contributed by atoms with Crippen molar-refractivity contribution in [2.45, 2.75) is 26.7 Å². The first-order valence-electron chi connectivity index (χ1n) is 5.05. The van der Waals surface area contributed by atoms with Crippen molar-refractivity contribution in [2.24, 2.45) is 5.41 Å². The molecule has 1 N–H and O–H groups in total. The van der Waals surface area contributed by atoms with E-state index >= 15 is 0 Å². The molecule has 0 unspecified atom stereocenters. The zero-order valence-electron chi connectivity index (χ0n) is 8.69. The monoisotopic (exact) mass is 170 g/mol. The van der Waals surface area contributed by atoms with Gasteiger partial charge in [-0.05, 0) is 44.9 Å². The van der Waals surface area contributed by atoms with Crippen LogP contribution in [0.1, 0.15) is 26.7 Å². The predicted molar refractivity (Wildman–Crippen MR) is 53.4 cm³/mol. The molecule has 1 fully saturated rings. The Labute approximate surface area is 76.3 Å². The van der Waals surface area contributed by atoms with Crippen LogP contribution in [0.2, 0.25) is 0 Å². The molecule has 0 spiro atoms. The third-order valence-electron chi connectivity index (χ3n) is 3.00. The highest BCUT2D eigenvalue weighted by Crippen LogP contribution is 2.28. The van der Waals surface area contributed by atoms with Crippen molar-refractivity contribution < 1.29 is 0 Å². The highest BCUT2D eigenvalue weighted by Gasteiger charge is 2.27. The molecule has 0 aromatic rings. The highest BCUT2D eigenvalue weighted by molar-refractivity contribution is 4.82. The lowest BCUT2D eigenvalue weighted by Gasteiger charge is -2.37. The standard InChI is InChI=1S/C10H22N2/c1-4-12(3)9-10(2)5-7-11-8-6-10/h11H,4-9H2,1-3H3. The van der Waals surface area contributed by atoms with Gasteiger partial charge in [0.15, 0.2) is 0 Å². The average molecular weight is 170 g/mol. The maximum absolute atomic E-state index is 3.41. The summed E-state index contributed by atoms with van der Waals surface area (Å²) in [6.07, 6.45) is 2.66. The van der Waals surface area contributed by atoms with Crippen molar-refractivity contribution >= 4 is 0 Å². The van der Waals surface area contributed by atoms with E-state index in [1.165, 1.54) is 39.0 Å². The van der Waals surface area contributed by atoms with Gasteiger partial charge in [-0.2, -0.15) is 0 Å². The quantitative estimate of drug-likeness (QED) is 0.687. The number of piperidine rings is 1. The number of rotatable bonds is 3. The fraction of sp³-hybridized carbons (Fsp3) is 1.00. The summed E-state index contributed by atoms with van der Waals surface area (Å²) in [6.45, 7) is 9.47. The van der Waals surface area contributed by atoms with Gasteiger partial charge in [0, 0.05) is 6.54 Å². The van der Waals surface area contributed by atoms with Gasteiger partial charge in [-0.15, -0.1) is 0 Å². The van der Waals surface area contributed by atoms with Crippen molar-refractivity contribution in [1.29, 1.82) is 0 Å². The Morgan fingerprint density at radius 3 is 2.42 bits per heavy atom. The summed E-state index contributed by atoms with van der Waals surface area (Å²) in [4.78, 5) is 2.42. The largest absolute Gasteiger partial charge is 0.317 e. The summed E-state index contributed by atoms with van der Waals surface area (Å²) in [5.41, 5.74) is 0.565. The minimum absolute atomic E-state index is 0.565. The summed E-state index contributed by atoms with van der Waals surface area (Å²) in [7, 11) is 2.22. The minimum Gasteiger partial charge on any atom is -0.317 e. The molecular weight excluding hydrogens is 148 g/mol. The summed E-state index contributed by atoms with van der Waals surface area (Å²) in [5, 5.41) is 3.41. The van der Waals surface area contributed by atoms with Gasteiger partial charge < -0.3 is 10.2 Å². The first-order chi connectivity index (χ1) is 5.66. The van der Waals surface area contributed by atoms with Gasteiger partial charge in [0.1, 0.15) is 0 Å². The average Bonchev–Trinajstić information content (AvgIpc) is 2.05. The first-order valence-corrected chi connectivity index (χ1v) is 5.05. The van der Waals surface area contributed by atoms with Crippen LogP contribution < -0.4 is 5.32 Å². The smallest absolute Gasteiger partial charge is 0.00331 e. The van der Waals surface area contributed by atoms with E-state index in [1.807, 2.05) is 0 Å². The van der Waals surface area contributed by atoms with Crippen molar-refractivity contribution in [3.05, 3.63) is 0 Å². The van der Waals surface area contributed by atoms with Gasteiger partial charge in [0.05, 0.1) is 0 Å². The maximum Gasteiger partial charge on any atom is 0.00331 e. The summed E-state index contributed by atoms with van der Waals surface area (Å²) in [5.74, 6) is 0. The van der Waals surface area contributed by atoms with Gasteiger partial charge in [-0.1, -0.05) is 13.8 Å². The van der Waals surface area contributed by atoms with E-state index < -0.39 is 0 Å². The Kier molecular flexibility index (Phi) is 3.53. The van der Waals surface area contributed by atoms with E-state index in [-0.39, 0.29) is 0 Å². The molecule has 1 aliphatic rings. The van der Waals surface area contributed by atoms with Gasteiger partial charge in [-0.25, -0.2) is 0 Å². The molecule has 0 saturated carbocycles. The zero-order valence-corrected chi connectivity index (χ0v) is 8.69. The van der Waals surface area contributed by atoms with Crippen molar-refractivity contribution in [3.63, 3.8) is 0 Å². The summed E-state index contributed by atoms with van der Waals surface area (Å²) < 4.78 is 0. The molecule has 1 aliphatic heterocycles. The molecule has 0 aromatic carbocycles. The molecule has 72 valence electrons. The normalized spacial score (nSPS) is 23.0. The van der Waals surface area contributed by atoms with Crippen LogP contribution >= 0.6 is 0 Å². The molecule has 0 radical (unpaired) electrons. The van der Waals surface area contributed by atoms with E-state index in [1.54, 1.807) is 0 Å². The van der Waals surface area contributed by atoms with Crippen molar-refractivity contribution in [3.8, 4) is 0 Å². The number of hydrogen-bond donors (Lipinski definition) is 1. The molecule has 1 rings (SSSR count). The molecule has 0 aromatic heterocycles. The van der Waals surface area contributed by atoms with Gasteiger partial charge in [-0.3, -0.25) is 0 Å². The molecule has 2 nitrogen and oxygen atoms in total. The van der Waals surface area contributed by atoms with Crippen LogP contribution in [-0.2, 0) is 0 Å². The molecule has 2 heteroatoms. The second kappa shape index (κ2) is 4.24. The van der Waals surface area contributed by atoms with Gasteiger partial charge >= 0.3 is 0 Å². The zero-order chi connectivity index (χ0) is 9.03. The van der Waals surface area contributed by atoms with E-state index in [0.717, 1.165) is 0 Å². The fourth-order valence-electron chi connectivity index (χ4n) is 1.95. The second-order valence-electron chi connectivity index (χ2n) is 4.39. The lowest BCUT2D eigenvalue weighted by atomic mass is 9.80. The summed E-state index contributed by atoms with van der Waals surface area (Å²) >= 11 is 0. The Hall–Kier alpha value is -0.0800. The molecule has 12 heavy (non-hydrogen) atoms. The topological polar surface area (TPSA) is 15.3 Å². The third kappa shape index (κ3) is 2.76. The Bertz CT molecular complexity index is 128. The summed E-state index contributed by atoms with van der Waals surface area (Å²) in [6, 6.07) is 0. The number of nitrogens with one attached hydrogen (secondary N) is 1. The lowest BCUT2D eigenvalue weighted by molar-refractivity contribution is 0.151. The second-order valence-corrected chi connectivity index (χ2v) is 4.39. The van der Waals surface area contributed by atoms with E-state index in [2.05, 4.69) is 31.1 Å². The van der Waals surface area contributed by atoms with Crippen molar-refractivity contribution in [2.75, 3.05) is 33.2 Å². The van der Waals surface area contributed by atoms with Crippen molar-refractivity contribution in [1.82, 2.24) is 10.2 Å². The van der Waals surface area contributed by atoms with Gasteiger partial charge in [0.25, 0.3) is 0 Å². The van der Waals surface area contributed by atoms with Crippen LogP contribution in [0.3, 0.4) is 0 Å². The van der Waals surface area contributed by atoms with Crippen LogP contribution in [0.4, 0.5) is 0 Å².